The minimum absolute atomic E-state index is 0.414. The van der Waals surface area contributed by atoms with Crippen LogP contribution in [0.1, 0.15) is 23.8 Å². The molecule has 0 aliphatic carbocycles. The van der Waals surface area contributed by atoms with Gasteiger partial charge in [0.1, 0.15) is 0 Å². The predicted molar refractivity (Wildman–Crippen MR) is 60.2 cm³/mol. The number of hydrogen-bond acceptors (Lipinski definition) is 3. The third-order valence-electron chi connectivity index (χ3n) is 1.58. The molecule has 0 aromatic carbocycles. The van der Waals surface area contributed by atoms with Crippen molar-refractivity contribution in [2.75, 3.05) is 13.2 Å². The van der Waals surface area contributed by atoms with Gasteiger partial charge < -0.3 is 10.5 Å². The van der Waals surface area contributed by atoms with E-state index in [1.54, 1.807) is 11.3 Å². The fourth-order valence-electron chi connectivity index (χ4n) is 0.992. The molecule has 2 nitrogen and oxygen atoms in total. The van der Waals surface area contributed by atoms with Gasteiger partial charge in [0.25, 0.3) is 0 Å². The Hall–Kier alpha value is -0.820. The standard InChI is InChI=1S/C11H15NOS/c1-2-6-13-8-11-7-10(9-14-11)4-3-5-12/h7,9H,2,5-6,8,12H2,1H3. The summed E-state index contributed by atoms with van der Waals surface area (Å²) in [4.78, 5) is 1.22. The highest BCUT2D eigenvalue weighted by Crippen LogP contribution is 2.14. The SMILES string of the molecule is CCCOCc1cc(C#CCN)cs1. The molecule has 1 rings (SSSR count). The zero-order valence-electron chi connectivity index (χ0n) is 8.38. The zero-order chi connectivity index (χ0) is 10.2. The van der Waals surface area contributed by atoms with Gasteiger partial charge in [0.05, 0.1) is 13.2 Å². The van der Waals surface area contributed by atoms with Crippen LogP contribution in [0.3, 0.4) is 0 Å². The van der Waals surface area contributed by atoms with E-state index in [0.29, 0.717) is 13.2 Å². The summed E-state index contributed by atoms with van der Waals surface area (Å²) in [5.41, 5.74) is 6.32. The van der Waals surface area contributed by atoms with Crippen LogP contribution in [0.15, 0.2) is 11.4 Å². The normalized spacial score (nSPS) is 9.57. The number of nitrogens with two attached hydrogens (primary N) is 1. The van der Waals surface area contributed by atoms with Crippen LogP contribution in [0, 0.1) is 11.8 Å². The average molecular weight is 209 g/mol. The number of thiophene rings is 1. The summed E-state index contributed by atoms with van der Waals surface area (Å²) < 4.78 is 5.42. The van der Waals surface area contributed by atoms with Crippen LogP contribution >= 0.6 is 11.3 Å². The molecule has 0 saturated heterocycles. The van der Waals surface area contributed by atoms with Crippen molar-refractivity contribution in [2.45, 2.75) is 20.0 Å². The molecular formula is C11H15NOS. The van der Waals surface area contributed by atoms with Crippen LogP contribution < -0.4 is 5.73 Å². The van der Waals surface area contributed by atoms with Gasteiger partial charge in [-0.15, -0.1) is 11.3 Å². The number of ether oxygens (including phenoxy) is 1. The van der Waals surface area contributed by atoms with Crippen molar-refractivity contribution in [1.82, 2.24) is 0 Å². The first-order valence-corrected chi connectivity index (χ1v) is 5.59. The Labute approximate surface area is 89.1 Å². The quantitative estimate of drug-likeness (QED) is 0.608. The maximum atomic E-state index is 5.42. The fraction of sp³-hybridized carbons (Fsp3) is 0.455. The second kappa shape index (κ2) is 6.61. The summed E-state index contributed by atoms with van der Waals surface area (Å²) in [6, 6.07) is 2.06. The minimum atomic E-state index is 0.414. The molecule has 1 aromatic rings. The number of rotatable bonds is 4. The lowest BCUT2D eigenvalue weighted by Gasteiger charge is -1.97. The molecule has 0 atom stereocenters. The molecule has 0 amide bonds. The summed E-state index contributed by atoms with van der Waals surface area (Å²) >= 11 is 1.68. The van der Waals surface area contributed by atoms with E-state index < -0.39 is 0 Å². The van der Waals surface area contributed by atoms with E-state index in [2.05, 4.69) is 24.8 Å². The van der Waals surface area contributed by atoms with E-state index in [9.17, 15) is 0 Å². The largest absolute Gasteiger partial charge is 0.376 e. The van der Waals surface area contributed by atoms with E-state index in [-0.39, 0.29) is 0 Å². The molecular weight excluding hydrogens is 194 g/mol. The first-order valence-electron chi connectivity index (χ1n) is 4.71. The predicted octanol–water partition coefficient (Wildman–Crippen LogP) is 1.98. The van der Waals surface area contributed by atoms with Crippen LogP contribution in [0.25, 0.3) is 0 Å². The van der Waals surface area contributed by atoms with Crippen molar-refractivity contribution in [1.29, 1.82) is 0 Å². The summed E-state index contributed by atoms with van der Waals surface area (Å²) in [7, 11) is 0. The summed E-state index contributed by atoms with van der Waals surface area (Å²) in [6.45, 7) is 4.04. The Morgan fingerprint density at radius 2 is 2.43 bits per heavy atom. The molecule has 0 aliphatic rings. The van der Waals surface area contributed by atoms with E-state index in [0.717, 1.165) is 18.6 Å². The Morgan fingerprint density at radius 1 is 1.57 bits per heavy atom. The van der Waals surface area contributed by atoms with Gasteiger partial charge >= 0.3 is 0 Å². The van der Waals surface area contributed by atoms with Gasteiger partial charge in [-0.1, -0.05) is 18.8 Å². The molecule has 0 unspecified atom stereocenters. The van der Waals surface area contributed by atoms with Crippen molar-refractivity contribution < 1.29 is 4.74 Å². The maximum Gasteiger partial charge on any atom is 0.0809 e. The molecule has 14 heavy (non-hydrogen) atoms. The molecule has 2 N–H and O–H groups in total. The highest BCUT2D eigenvalue weighted by Gasteiger charge is 1.97. The van der Waals surface area contributed by atoms with Gasteiger partial charge in [-0.05, 0) is 12.5 Å². The molecule has 0 bridgehead atoms. The molecule has 0 saturated carbocycles. The lowest BCUT2D eigenvalue weighted by atomic mass is 10.3. The summed E-state index contributed by atoms with van der Waals surface area (Å²) in [5.74, 6) is 5.82. The first-order chi connectivity index (χ1) is 6.86. The van der Waals surface area contributed by atoms with Crippen molar-refractivity contribution in [3.8, 4) is 11.8 Å². The topological polar surface area (TPSA) is 35.2 Å². The highest BCUT2D eigenvalue weighted by atomic mass is 32.1. The monoisotopic (exact) mass is 209 g/mol. The van der Waals surface area contributed by atoms with Gasteiger partial charge in [-0.3, -0.25) is 0 Å². The average Bonchev–Trinajstić information content (AvgIpc) is 2.63. The van der Waals surface area contributed by atoms with E-state index in [1.165, 1.54) is 4.88 Å². The highest BCUT2D eigenvalue weighted by molar-refractivity contribution is 7.10. The van der Waals surface area contributed by atoms with Gasteiger partial charge in [-0.2, -0.15) is 0 Å². The Kier molecular flexibility index (Phi) is 5.31. The van der Waals surface area contributed by atoms with Crippen LogP contribution in [0.4, 0.5) is 0 Å². The molecule has 1 aromatic heterocycles. The van der Waals surface area contributed by atoms with Crippen LogP contribution in [-0.4, -0.2) is 13.2 Å². The second-order valence-corrected chi connectivity index (χ2v) is 3.86. The Balaban J connectivity index is 2.42. The lowest BCUT2D eigenvalue weighted by molar-refractivity contribution is 0.123. The van der Waals surface area contributed by atoms with Crippen molar-refractivity contribution in [3.63, 3.8) is 0 Å². The lowest BCUT2D eigenvalue weighted by Crippen LogP contribution is -1.92. The second-order valence-electron chi connectivity index (χ2n) is 2.86. The van der Waals surface area contributed by atoms with E-state index in [1.807, 2.05) is 5.38 Å². The van der Waals surface area contributed by atoms with E-state index >= 15 is 0 Å². The molecule has 0 radical (unpaired) electrons. The summed E-state index contributed by atoms with van der Waals surface area (Å²) in [5, 5.41) is 2.04. The molecule has 76 valence electrons. The van der Waals surface area contributed by atoms with Crippen LogP contribution in [0.2, 0.25) is 0 Å². The first kappa shape index (κ1) is 11.3. The van der Waals surface area contributed by atoms with Crippen molar-refractivity contribution in [2.24, 2.45) is 5.73 Å². The molecule has 0 aliphatic heterocycles. The van der Waals surface area contributed by atoms with Gasteiger partial charge in [-0.25, -0.2) is 0 Å². The molecule has 0 spiro atoms. The third kappa shape index (κ3) is 3.93. The van der Waals surface area contributed by atoms with Crippen molar-refractivity contribution in [3.05, 3.63) is 21.9 Å². The van der Waals surface area contributed by atoms with Crippen LogP contribution in [0.5, 0.6) is 0 Å². The Bertz CT molecular complexity index is 322. The van der Waals surface area contributed by atoms with Crippen LogP contribution in [-0.2, 0) is 11.3 Å². The van der Waals surface area contributed by atoms with Gasteiger partial charge in [0.15, 0.2) is 0 Å². The maximum absolute atomic E-state index is 5.42. The van der Waals surface area contributed by atoms with E-state index in [4.69, 9.17) is 10.5 Å². The number of hydrogen-bond donors (Lipinski definition) is 1. The third-order valence-corrected chi connectivity index (χ3v) is 2.49. The Morgan fingerprint density at radius 3 is 3.14 bits per heavy atom. The smallest absolute Gasteiger partial charge is 0.0809 e. The minimum Gasteiger partial charge on any atom is -0.376 e. The molecule has 3 heteroatoms. The molecule has 1 heterocycles. The van der Waals surface area contributed by atoms with Gasteiger partial charge in [0.2, 0.25) is 0 Å². The van der Waals surface area contributed by atoms with Crippen molar-refractivity contribution >= 4 is 11.3 Å². The summed E-state index contributed by atoms with van der Waals surface area (Å²) in [6.07, 6.45) is 1.06. The van der Waals surface area contributed by atoms with Gasteiger partial charge in [0, 0.05) is 22.4 Å². The fourth-order valence-corrected chi connectivity index (χ4v) is 1.74. The molecule has 0 fully saturated rings. The zero-order valence-corrected chi connectivity index (χ0v) is 9.19.